The molecule has 4 nitrogen and oxygen atoms in total. The molecule has 1 atom stereocenters. The summed E-state index contributed by atoms with van der Waals surface area (Å²) in [6.07, 6.45) is 1.72. The first kappa shape index (κ1) is 17.7. The summed E-state index contributed by atoms with van der Waals surface area (Å²) >= 11 is 1.59. The van der Waals surface area contributed by atoms with Gasteiger partial charge in [0.05, 0.1) is 17.6 Å². The number of hydrogen-bond acceptors (Lipinski definition) is 5. The van der Waals surface area contributed by atoms with Crippen molar-refractivity contribution in [3.8, 4) is 11.3 Å². The monoisotopic (exact) mass is 388 g/mol. The van der Waals surface area contributed by atoms with Gasteiger partial charge in [-0.2, -0.15) is 0 Å². The van der Waals surface area contributed by atoms with E-state index in [1.54, 1.807) is 17.6 Å². The molecule has 0 fully saturated rings. The standard InChI is InChI=1S/C21H17N4PS/c22-21-17-9-5-4-8-16(17)20(27-26)12-19(21)25-24-15-10-11-18(23-13-15)14-6-2-1-3-7-14/h1-13H,22,26H2/b25-24+. The van der Waals surface area contributed by atoms with Crippen LogP contribution in [0.2, 0.25) is 0 Å². The summed E-state index contributed by atoms with van der Waals surface area (Å²) in [5, 5.41) is 10.8. The quantitative estimate of drug-likeness (QED) is 0.238. The number of nitrogens with zero attached hydrogens (tertiary/aromatic N) is 3. The maximum Gasteiger partial charge on any atom is 0.110 e. The summed E-state index contributed by atoms with van der Waals surface area (Å²) in [6, 6.07) is 23.9. The molecule has 3 aromatic carbocycles. The third kappa shape index (κ3) is 3.70. The van der Waals surface area contributed by atoms with Crippen molar-refractivity contribution >= 4 is 47.7 Å². The van der Waals surface area contributed by atoms with Crippen molar-refractivity contribution in [2.24, 2.45) is 10.2 Å². The first-order chi connectivity index (χ1) is 13.3. The SMILES string of the molecule is Nc1c(/N=N/c2ccc(-c3ccccc3)nc2)cc(SP)c2ccccc12. The Kier molecular flexibility index (Phi) is 5.14. The number of aromatic nitrogens is 1. The average molecular weight is 388 g/mol. The van der Waals surface area contributed by atoms with E-state index >= 15 is 0 Å². The molecule has 6 heteroatoms. The van der Waals surface area contributed by atoms with E-state index in [9.17, 15) is 0 Å². The van der Waals surface area contributed by atoms with Crippen LogP contribution in [0.5, 0.6) is 0 Å². The number of azo groups is 1. The van der Waals surface area contributed by atoms with Crippen LogP contribution in [0.3, 0.4) is 0 Å². The van der Waals surface area contributed by atoms with E-state index < -0.39 is 0 Å². The Morgan fingerprint density at radius 1 is 0.852 bits per heavy atom. The van der Waals surface area contributed by atoms with Crippen molar-refractivity contribution in [2.45, 2.75) is 4.90 Å². The normalized spacial score (nSPS) is 11.3. The molecule has 0 aliphatic heterocycles. The van der Waals surface area contributed by atoms with E-state index in [0.29, 0.717) is 17.1 Å². The van der Waals surface area contributed by atoms with E-state index in [0.717, 1.165) is 26.9 Å². The largest absolute Gasteiger partial charge is 0.396 e. The average Bonchev–Trinajstić information content (AvgIpc) is 2.74. The number of benzene rings is 3. The number of pyridine rings is 1. The van der Waals surface area contributed by atoms with Crippen LogP contribution < -0.4 is 5.73 Å². The third-order valence-corrected chi connectivity index (χ3v) is 5.60. The van der Waals surface area contributed by atoms with Gasteiger partial charge in [-0.3, -0.25) is 4.98 Å². The minimum absolute atomic E-state index is 0.631. The highest BCUT2D eigenvalue weighted by molar-refractivity contribution is 8.44. The fraction of sp³-hybridized carbons (Fsp3) is 0. The first-order valence-electron chi connectivity index (χ1n) is 8.37. The lowest BCUT2D eigenvalue weighted by atomic mass is 10.1. The van der Waals surface area contributed by atoms with E-state index in [4.69, 9.17) is 5.73 Å². The summed E-state index contributed by atoms with van der Waals surface area (Å²) in [6.45, 7) is 0. The number of nitrogens with two attached hydrogens (primary N) is 1. The highest BCUT2D eigenvalue weighted by Crippen LogP contribution is 2.40. The Morgan fingerprint density at radius 2 is 1.59 bits per heavy atom. The Labute approximate surface area is 163 Å². The molecule has 4 rings (SSSR count). The number of nitrogen functional groups attached to an aromatic ring is 1. The topological polar surface area (TPSA) is 63.6 Å². The number of hydrogen-bond donors (Lipinski definition) is 1. The second-order valence-electron chi connectivity index (χ2n) is 5.94. The molecule has 1 heterocycles. The van der Waals surface area contributed by atoms with Crippen LogP contribution in [-0.2, 0) is 0 Å². The van der Waals surface area contributed by atoms with Gasteiger partial charge in [0, 0.05) is 15.8 Å². The van der Waals surface area contributed by atoms with Crippen molar-refractivity contribution in [3.63, 3.8) is 0 Å². The zero-order valence-corrected chi connectivity index (χ0v) is 16.4. The van der Waals surface area contributed by atoms with E-state index in [1.807, 2.05) is 66.7 Å². The summed E-state index contributed by atoms with van der Waals surface area (Å²) in [5.41, 5.74) is 10.3. The molecule has 0 amide bonds. The summed E-state index contributed by atoms with van der Waals surface area (Å²) in [7, 11) is 2.67. The smallest absolute Gasteiger partial charge is 0.110 e. The highest BCUT2D eigenvalue weighted by atomic mass is 32.7. The van der Waals surface area contributed by atoms with Gasteiger partial charge in [-0.05, 0) is 23.6 Å². The lowest BCUT2D eigenvalue weighted by Gasteiger charge is -2.09. The van der Waals surface area contributed by atoms with Crippen LogP contribution in [0.1, 0.15) is 0 Å². The molecule has 1 unspecified atom stereocenters. The van der Waals surface area contributed by atoms with E-state index in [2.05, 4.69) is 29.7 Å². The first-order valence-corrected chi connectivity index (χ1v) is 10.7. The molecule has 4 aromatic rings. The molecule has 0 aliphatic carbocycles. The molecule has 0 saturated carbocycles. The maximum absolute atomic E-state index is 6.32. The molecule has 0 aliphatic rings. The van der Waals surface area contributed by atoms with Crippen LogP contribution in [0.4, 0.5) is 17.1 Å². The summed E-state index contributed by atoms with van der Waals surface area (Å²) < 4.78 is 0. The van der Waals surface area contributed by atoms with Crippen LogP contribution in [0, 0.1) is 0 Å². The molecule has 132 valence electrons. The summed E-state index contributed by atoms with van der Waals surface area (Å²) in [4.78, 5) is 5.57. The molecule has 0 spiro atoms. The van der Waals surface area contributed by atoms with Gasteiger partial charge in [0.15, 0.2) is 0 Å². The molecule has 0 saturated heterocycles. The van der Waals surface area contributed by atoms with Crippen molar-refractivity contribution < 1.29 is 0 Å². The van der Waals surface area contributed by atoms with Crippen molar-refractivity contribution in [1.82, 2.24) is 4.98 Å². The van der Waals surface area contributed by atoms with Crippen LogP contribution in [0.15, 0.2) is 94.1 Å². The van der Waals surface area contributed by atoms with E-state index in [-0.39, 0.29) is 0 Å². The lowest BCUT2D eigenvalue weighted by Crippen LogP contribution is -1.89. The number of fused-ring (bicyclic) bond motifs is 1. The molecule has 0 bridgehead atoms. The zero-order valence-electron chi connectivity index (χ0n) is 14.4. The number of rotatable bonds is 4. The van der Waals surface area contributed by atoms with Gasteiger partial charge in [0.2, 0.25) is 0 Å². The Morgan fingerprint density at radius 3 is 2.30 bits per heavy atom. The maximum atomic E-state index is 6.32. The van der Waals surface area contributed by atoms with Gasteiger partial charge in [0.1, 0.15) is 11.4 Å². The van der Waals surface area contributed by atoms with Crippen LogP contribution >= 0.6 is 19.8 Å². The molecular formula is C21H17N4PS. The molecular weight excluding hydrogens is 371 g/mol. The predicted octanol–water partition coefficient (Wildman–Crippen LogP) is 6.78. The minimum atomic E-state index is 0.631. The zero-order chi connectivity index (χ0) is 18.6. The molecule has 27 heavy (non-hydrogen) atoms. The molecule has 1 aromatic heterocycles. The van der Waals surface area contributed by atoms with Crippen LogP contribution in [0.25, 0.3) is 22.0 Å². The Hall–Kier alpha value is -2.75. The van der Waals surface area contributed by atoms with Gasteiger partial charge in [0.25, 0.3) is 0 Å². The second-order valence-corrected chi connectivity index (χ2v) is 7.32. The fourth-order valence-corrected chi connectivity index (χ4v) is 3.94. The van der Waals surface area contributed by atoms with Gasteiger partial charge in [-0.1, -0.05) is 63.0 Å². The lowest BCUT2D eigenvalue weighted by molar-refractivity contribution is 1.20. The van der Waals surface area contributed by atoms with Crippen LogP contribution in [-0.4, -0.2) is 4.98 Å². The number of anilines is 1. The van der Waals surface area contributed by atoms with Crippen molar-refractivity contribution in [2.75, 3.05) is 5.73 Å². The molecule has 2 N–H and O–H groups in total. The highest BCUT2D eigenvalue weighted by Gasteiger charge is 2.09. The van der Waals surface area contributed by atoms with Gasteiger partial charge >= 0.3 is 0 Å². The fourth-order valence-electron chi connectivity index (χ4n) is 2.87. The van der Waals surface area contributed by atoms with Gasteiger partial charge in [-0.15, -0.1) is 21.6 Å². The van der Waals surface area contributed by atoms with Gasteiger partial charge in [-0.25, -0.2) is 0 Å². The minimum Gasteiger partial charge on any atom is -0.396 e. The third-order valence-electron chi connectivity index (χ3n) is 4.24. The summed E-state index contributed by atoms with van der Waals surface area (Å²) in [5.74, 6) is 0. The second kappa shape index (κ2) is 7.87. The van der Waals surface area contributed by atoms with Crippen molar-refractivity contribution in [3.05, 3.63) is 79.0 Å². The Balaban J connectivity index is 1.66. The molecule has 0 radical (unpaired) electrons. The van der Waals surface area contributed by atoms with Crippen molar-refractivity contribution in [1.29, 1.82) is 0 Å². The van der Waals surface area contributed by atoms with E-state index in [1.165, 1.54) is 0 Å². The van der Waals surface area contributed by atoms with Gasteiger partial charge < -0.3 is 5.73 Å². The Bertz CT molecular complexity index is 1110. The predicted molar refractivity (Wildman–Crippen MR) is 118 cm³/mol.